The van der Waals surface area contributed by atoms with Gasteiger partial charge >= 0.3 is 0 Å². The normalized spacial score (nSPS) is 16.7. The molecule has 1 atom stereocenters. The molecule has 0 saturated carbocycles. The summed E-state index contributed by atoms with van der Waals surface area (Å²) in [6.07, 6.45) is 5.69. The first-order valence-electron chi connectivity index (χ1n) is 7.11. The zero-order valence-electron chi connectivity index (χ0n) is 12.3. The van der Waals surface area contributed by atoms with Gasteiger partial charge in [-0.2, -0.15) is 5.10 Å². The number of benzene rings is 1. The number of nitrogens with one attached hydrogen (secondary N) is 1. The summed E-state index contributed by atoms with van der Waals surface area (Å²) in [4.78, 5) is 9.19. The van der Waals surface area contributed by atoms with Crippen molar-refractivity contribution in [2.75, 3.05) is 6.61 Å². The van der Waals surface area contributed by atoms with Crippen LogP contribution in [0, 0.1) is 5.82 Å². The first-order chi connectivity index (χ1) is 11.8. The van der Waals surface area contributed by atoms with Gasteiger partial charge in [-0.1, -0.05) is 6.07 Å². The lowest BCUT2D eigenvalue weighted by molar-refractivity contribution is 0.0219. The SMILES string of the molecule is Fc1cc(C2=CC(COc3ccon3)ON2)ccc1-n1cncn1. The molecule has 9 heteroatoms. The number of nitrogens with zero attached hydrogens (tertiary/aromatic N) is 4. The maximum Gasteiger partial charge on any atom is 0.254 e. The Kier molecular flexibility index (Phi) is 3.67. The van der Waals surface area contributed by atoms with Crippen LogP contribution in [0.5, 0.6) is 5.88 Å². The molecule has 3 aromatic rings. The molecule has 0 saturated heterocycles. The predicted octanol–water partition coefficient (Wildman–Crippen LogP) is 1.72. The van der Waals surface area contributed by atoms with Crippen LogP contribution in [0.1, 0.15) is 5.56 Å². The fourth-order valence-electron chi connectivity index (χ4n) is 2.27. The lowest BCUT2D eigenvalue weighted by Gasteiger charge is -2.08. The van der Waals surface area contributed by atoms with Crippen LogP contribution >= 0.6 is 0 Å². The fraction of sp³-hybridized carbons (Fsp3) is 0.133. The average Bonchev–Trinajstić information content (AvgIpc) is 3.34. The third kappa shape index (κ3) is 2.84. The molecular formula is C15H12FN5O3. The highest BCUT2D eigenvalue weighted by Crippen LogP contribution is 2.22. The number of rotatable bonds is 5. The Hall–Kier alpha value is -3.20. The van der Waals surface area contributed by atoms with Gasteiger partial charge in [-0.3, -0.25) is 10.3 Å². The Labute approximate surface area is 135 Å². The molecule has 0 bridgehead atoms. The second-order valence-electron chi connectivity index (χ2n) is 4.99. The number of halogens is 1. The third-order valence-corrected chi connectivity index (χ3v) is 3.41. The van der Waals surface area contributed by atoms with Gasteiger partial charge in [0.15, 0.2) is 0 Å². The zero-order chi connectivity index (χ0) is 16.4. The number of aromatic nitrogens is 4. The minimum Gasteiger partial charge on any atom is -0.472 e. The van der Waals surface area contributed by atoms with Gasteiger partial charge in [-0.05, 0) is 23.4 Å². The molecule has 24 heavy (non-hydrogen) atoms. The van der Waals surface area contributed by atoms with Gasteiger partial charge in [0.25, 0.3) is 5.88 Å². The molecule has 0 radical (unpaired) electrons. The van der Waals surface area contributed by atoms with E-state index in [4.69, 9.17) is 9.57 Å². The summed E-state index contributed by atoms with van der Waals surface area (Å²) in [5, 5.41) is 7.56. The zero-order valence-corrected chi connectivity index (χ0v) is 12.3. The summed E-state index contributed by atoms with van der Waals surface area (Å²) in [7, 11) is 0. The first kappa shape index (κ1) is 14.4. The summed E-state index contributed by atoms with van der Waals surface area (Å²) in [6.45, 7) is 0.253. The summed E-state index contributed by atoms with van der Waals surface area (Å²) in [5.41, 5.74) is 4.40. The molecule has 0 aliphatic carbocycles. The van der Waals surface area contributed by atoms with E-state index in [-0.39, 0.29) is 12.7 Å². The van der Waals surface area contributed by atoms with Crippen LogP contribution in [-0.2, 0) is 4.84 Å². The molecule has 1 aromatic carbocycles. The van der Waals surface area contributed by atoms with E-state index in [1.165, 1.54) is 29.7 Å². The van der Waals surface area contributed by atoms with E-state index in [0.29, 0.717) is 22.8 Å². The van der Waals surface area contributed by atoms with Crippen LogP contribution in [0.2, 0.25) is 0 Å². The van der Waals surface area contributed by atoms with Gasteiger partial charge in [0.05, 0.1) is 5.70 Å². The molecule has 1 unspecified atom stereocenters. The van der Waals surface area contributed by atoms with Crippen LogP contribution in [0.3, 0.4) is 0 Å². The van der Waals surface area contributed by atoms with Crippen molar-refractivity contribution in [3.63, 3.8) is 0 Å². The molecule has 1 aliphatic rings. The Balaban J connectivity index is 1.47. The van der Waals surface area contributed by atoms with Crippen molar-refractivity contribution in [1.82, 2.24) is 25.4 Å². The largest absolute Gasteiger partial charge is 0.472 e. The standard InChI is InChI=1S/C15H12FN5O3/c16-12-5-10(1-2-14(12)21-9-17-8-18-21)13-6-11(24-19-13)7-22-15-3-4-23-20-15/h1-6,8-9,11,19H,7H2. The summed E-state index contributed by atoms with van der Waals surface area (Å²) >= 11 is 0. The summed E-state index contributed by atoms with van der Waals surface area (Å²) < 4.78 is 25.7. The number of hydrogen-bond acceptors (Lipinski definition) is 7. The molecule has 2 aromatic heterocycles. The maximum atomic E-state index is 14.3. The van der Waals surface area contributed by atoms with Crippen molar-refractivity contribution >= 4 is 5.70 Å². The lowest BCUT2D eigenvalue weighted by Crippen LogP contribution is -2.19. The Morgan fingerprint density at radius 1 is 1.33 bits per heavy atom. The highest BCUT2D eigenvalue weighted by atomic mass is 19.1. The quantitative estimate of drug-likeness (QED) is 0.762. The molecule has 3 heterocycles. The van der Waals surface area contributed by atoms with Gasteiger partial charge in [0.1, 0.15) is 43.1 Å². The number of ether oxygens (including phenoxy) is 1. The predicted molar refractivity (Wildman–Crippen MR) is 79.3 cm³/mol. The van der Waals surface area contributed by atoms with E-state index in [1.807, 2.05) is 6.08 Å². The Morgan fingerprint density at radius 2 is 2.29 bits per heavy atom. The minimum absolute atomic E-state index is 0.253. The van der Waals surface area contributed by atoms with E-state index in [9.17, 15) is 4.39 Å². The topological polar surface area (TPSA) is 87.2 Å². The van der Waals surface area contributed by atoms with E-state index in [1.54, 1.807) is 18.2 Å². The second-order valence-corrected chi connectivity index (χ2v) is 4.99. The fourth-order valence-corrected chi connectivity index (χ4v) is 2.27. The smallest absolute Gasteiger partial charge is 0.254 e. The summed E-state index contributed by atoms with van der Waals surface area (Å²) in [6, 6.07) is 6.40. The highest BCUT2D eigenvalue weighted by molar-refractivity contribution is 5.66. The van der Waals surface area contributed by atoms with Gasteiger partial charge < -0.3 is 9.26 Å². The van der Waals surface area contributed by atoms with E-state index < -0.39 is 5.82 Å². The van der Waals surface area contributed by atoms with Crippen LogP contribution in [-0.4, -0.2) is 32.6 Å². The minimum atomic E-state index is -0.414. The van der Waals surface area contributed by atoms with Crippen molar-refractivity contribution in [3.05, 3.63) is 60.6 Å². The number of hydrogen-bond donors (Lipinski definition) is 1. The van der Waals surface area contributed by atoms with E-state index >= 15 is 0 Å². The van der Waals surface area contributed by atoms with E-state index in [0.717, 1.165) is 0 Å². The van der Waals surface area contributed by atoms with E-state index in [2.05, 4.69) is 25.2 Å². The first-order valence-corrected chi connectivity index (χ1v) is 7.11. The molecule has 8 nitrogen and oxygen atoms in total. The molecule has 4 rings (SSSR count). The van der Waals surface area contributed by atoms with Crippen LogP contribution < -0.4 is 10.2 Å². The van der Waals surface area contributed by atoms with Gasteiger partial charge in [-0.15, -0.1) is 0 Å². The van der Waals surface area contributed by atoms with Crippen molar-refractivity contribution in [3.8, 4) is 11.6 Å². The van der Waals surface area contributed by atoms with Crippen LogP contribution in [0.15, 0.2) is 53.8 Å². The molecule has 1 N–H and O–H groups in total. The van der Waals surface area contributed by atoms with Gasteiger partial charge in [0.2, 0.25) is 0 Å². The lowest BCUT2D eigenvalue weighted by atomic mass is 10.1. The average molecular weight is 329 g/mol. The molecular weight excluding hydrogens is 317 g/mol. The molecule has 0 amide bonds. The monoisotopic (exact) mass is 329 g/mol. The van der Waals surface area contributed by atoms with Gasteiger partial charge in [-0.25, -0.2) is 14.1 Å². The Bertz CT molecular complexity index is 848. The molecule has 122 valence electrons. The molecule has 0 fully saturated rings. The third-order valence-electron chi connectivity index (χ3n) is 3.41. The number of hydroxylamine groups is 1. The highest BCUT2D eigenvalue weighted by Gasteiger charge is 2.19. The second kappa shape index (κ2) is 6.13. The maximum absolute atomic E-state index is 14.3. The van der Waals surface area contributed by atoms with Crippen molar-refractivity contribution < 1.29 is 18.5 Å². The van der Waals surface area contributed by atoms with Crippen molar-refractivity contribution in [2.45, 2.75) is 6.10 Å². The van der Waals surface area contributed by atoms with Crippen LogP contribution in [0.25, 0.3) is 11.4 Å². The van der Waals surface area contributed by atoms with Crippen molar-refractivity contribution in [2.24, 2.45) is 0 Å². The molecule has 1 aliphatic heterocycles. The molecule has 0 spiro atoms. The Morgan fingerprint density at radius 3 is 3.04 bits per heavy atom. The van der Waals surface area contributed by atoms with Crippen molar-refractivity contribution in [1.29, 1.82) is 0 Å². The van der Waals surface area contributed by atoms with Gasteiger partial charge in [0, 0.05) is 11.6 Å². The van der Waals surface area contributed by atoms with Crippen LogP contribution in [0.4, 0.5) is 4.39 Å². The summed E-state index contributed by atoms with van der Waals surface area (Å²) in [5.74, 6) is -0.0355.